The lowest BCUT2D eigenvalue weighted by Gasteiger charge is -2.23. The quantitative estimate of drug-likeness (QED) is 0.850. The molecule has 1 heterocycles. The fourth-order valence-electron chi connectivity index (χ4n) is 1.54. The van der Waals surface area contributed by atoms with Crippen LogP contribution in [0.25, 0.3) is 10.4 Å². The minimum absolute atomic E-state index is 0.0997. The molecule has 0 spiro atoms. The molecule has 2 rings (SSSR count). The van der Waals surface area contributed by atoms with E-state index in [9.17, 15) is 26.3 Å². The molecule has 2 aliphatic rings. The largest absolute Gasteiger partial charge is 0.456 e. The average molecular weight is 300 g/mol. The van der Waals surface area contributed by atoms with Crippen LogP contribution in [-0.2, 0) is 0 Å². The Labute approximate surface area is 107 Å². The molecule has 19 heavy (non-hydrogen) atoms. The van der Waals surface area contributed by atoms with Crippen LogP contribution in [-0.4, -0.2) is 17.1 Å². The van der Waals surface area contributed by atoms with Gasteiger partial charge in [-0.15, -0.1) is 0 Å². The highest BCUT2D eigenvalue weighted by atomic mass is 32.1. The lowest BCUT2D eigenvalue weighted by Crippen LogP contribution is -2.40. The molecular formula is C10H6F6N2S. The summed E-state index contributed by atoms with van der Waals surface area (Å²) in [6.07, 6.45) is -8.46. The molecule has 0 saturated heterocycles. The van der Waals surface area contributed by atoms with Crippen molar-refractivity contribution in [1.82, 2.24) is 4.98 Å². The molecule has 2 N–H and O–H groups in total. The van der Waals surface area contributed by atoms with E-state index in [1.165, 1.54) is 6.07 Å². The molecule has 9 heteroatoms. The number of hydrogen-bond donors (Lipinski definition) is 1. The van der Waals surface area contributed by atoms with E-state index in [0.717, 1.165) is 23.6 Å². The highest BCUT2D eigenvalue weighted by Gasteiger charge is 2.64. The summed E-state index contributed by atoms with van der Waals surface area (Å²) < 4.78 is 75.8. The van der Waals surface area contributed by atoms with Gasteiger partial charge in [-0.2, -0.15) is 22.0 Å². The van der Waals surface area contributed by atoms with E-state index < -0.39 is 23.8 Å². The van der Waals surface area contributed by atoms with E-state index in [2.05, 4.69) is 4.98 Å². The predicted molar refractivity (Wildman–Crippen MR) is 58.0 cm³/mol. The van der Waals surface area contributed by atoms with Gasteiger partial charge in [0.2, 0.25) is 0 Å². The van der Waals surface area contributed by atoms with Gasteiger partial charge in [0.05, 0.1) is 0 Å². The SMILES string of the molecule is Nc1ncc2c(C(F)C(F)(F)C(F)(F)F)ccc-2s1. The zero-order chi connectivity index (χ0) is 14.4. The van der Waals surface area contributed by atoms with Crippen molar-refractivity contribution in [2.24, 2.45) is 0 Å². The van der Waals surface area contributed by atoms with Crippen LogP contribution in [0, 0.1) is 0 Å². The summed E-state index contributed by atoms with van der Waals surface area (Å²) in [5, 5.41) is 0.0997. The second-order valence-corrected chi connectivity index (χ2v) is 4.81. The maximum absolute atomic E-state index is 13.5. The number of anilines is 1. The maximum Gasteiger partial charge on any atom is 0.456 e. The summed E-state index contributed by atoms with van der Waals surface area (Å²) in [5.74, 6) is -5.46. The molecule has 0 amide bonds. The Balaban J connectivity index is 2.46. The van der Waals surface area contributed by atoms with E-state index in [1.54, 1.807) is 0 Å². The van der Waals surface area contributed by atoms with Crippen molar-refractivity contribution in [2.75, 3.05) is 5.73 Å². The molecule has 1 aliphatic carbocycles. The fourth-order valence-corrected chi connectivity index (χ4v) is 2.29. The molecule has 0 fully saturated rings. The molecule has 1 unspecified atom stereocenters. The Morgan fingerprint density at radius 3 is 2.37 bits per heavy atom. The first-order chi connectivity index (χ1) is 8.64. The highest BCUT2D eigenvalue weighted by Crippen LogP contribution is 2.49. The third kappa shape index (κ3) is 2.22. The highest BCUT2D eigenvalue weighted by molar-refractivity contribution is 7.18. The maximum atomic E-state index is 13.5. The molecule has 0 bridgehead atoms. The Hall–Kier alpha value is -1.51. The van der Waals surface area contributed by atoms with Gasteiger partial charge in [-0.3, -0.25) is 0 Å². The molecule has 0 aromatic heterocycles. The van der Waals surface area contributed by atoms with Crippen LogP contribution in [0.5, 0.6) is 0 Å². The van der Waals surface area contributed by atoms with Gasteiger partial charge in [0, 0.05) is 22.2 Å². The Morgan fingerprint density at radius 2 is 1.79 bits per heavy atom. The van der Waals surface area contributed by atoms with Gasteiger partial charge in [-0.05, 0) is 6.07 Å². The van der Waals surface area contributed by atoms with E-state index in [4.69, 9.17) is 5.73 Å². The van der Waals surface area contributed by atoms with Gasteiger partial charge in [0.1, 0.15) is 0 Å². The van der Waals surface area contributed by atoms with Crippen LogP contribution in [0.4, 0.5) is 31.5 Å². The summed E-state index contributed by atoms with van der Waals surface area (Å²) in [4.78, 5) is 3.86. The van der Waals surface area contributed by atoms with E-state index >= 15 is 0 Å². The summed E-state index contributed by atoms with van der Waals surface area (Å²) >= 11 is 0.872. The van der Waals surface area contributed by atoms with Crippen molar-refractivity contribution < 1.29 is 26.3 Å². The predicted octanol–water partition coefficient (Wildman–Crippen LogP) is 4.04. The van der Waals surface area contributed by atoms with E-state index in [0.29, 0.717) is 4.88 Å². The first kappa shape index (κ1) is 13.9. The smallest absolute Gasteiger partial charge is 0.375 e. The van der Waals surface area contributed by atoms with Gasteiger partial charge in [0.15, 0.2) is 11.3 Å². The molecule has 0 aromatic rings. The van der Waals surface area contributed by atoms with Crippen molar-refractivity contribution in [1.29, 1.82) is 0 Å². The fraction of sp³-hybridized carbons (Fsp3) is 0.300. The minimum atomic E-state index is -5.96. The summed E-state index contributed by atoms with van der Waals surface area (Å²) in [6, 6.07) is 2.11. The Bertz CT molecular complexity index is 564. The normalized spacial score (nSPS) is 14.8. The number of nitrogens with two attached hydrogens (primary N) is 1. The van der Waals surface area contributed by atoms with Gasteiger partial charge in [-0.1, -0.05) is 17.4 Å². The lowest BCUT2D eigenvalue weighted by atomic mass is 10.0. The van der Waals surface area contributed by atoms with Gasteiger partial charge < -0.3 is 5.73 Å². The topological polar surface area (TPSA) is 38.9 Å². The van der Waals surface area contributed by atoms with Crippen LogP contribution in [0.3, 0.4) is 0 Å². The molecule has 0 saturated carbocycles. The number of rotatable bonds is 2. The third-order valence-corrected chi connectivity index (χ3v) is 3.39. The molecule has 0 radical (unpaired) electrons. The molecule has 2 nitrogen and oxygen atoms in total. The van der Waals surface area contributed by atoms with Crippen molar-refractivity contribution in [3.63, 3.8) is 0 Å². The van der Waals surface area contributed by atoms with E-state index in [1.807, 2.05) is 0 Å². The second-order valence-electron chi connectivity index (χ2n) is 3.75. The van der Waals surface area contributed by atoms with Crippen molar-refractivity contribution in [3.8, 4) is 10.4 Å². The van der Waals surface area contributed by atoms with Crippen molar-refractivity contribution in [3.05, 3.63) is 23.9 Å². The molecule has 1 aliphatic heterocycles. The third-order valence-electron chi connectivity index (χ3n) is 2.50. The molecular weight excluding hydrogens is 294 g/mol. The van der Waals surface area contributed by atoms with Crippen LogP contribution in [0.1, 0.15) is 11.7 Å². The summed E-state index contributed by atoms with van der Waals surface area (Å²) in [5.41, 5.74) is 4.50. The first-order valence-corrected chi connectivity index (χ1v) is 5.69. The molecule has 1 atom stereocenters. The lowest BCUT2D eigenvalue weighted by molar-refractivity contribution is -0.305. The second kappa shape index (κ2) is 4.26. The van der Waals surface area contributed by atoms with Crippen LogP contribution >= 0.6 is 11.3 Å². The van der Waals surface area contributed by atoms with Gasteiger partial charge in [0.25, 0.3) is 0 Å². The van der Waals surface area contributed by atoms with Crippen LogP contribution in [0.15, 0.2) is 18.3 Å². The number of nitrogen functional groups attached to an aromatic ring is 1. The first-order valence-electron chi connectivity index (χ1n) is 4.87. The summed E-state index contributed by atoms with van der Waals surface area (Å²) in [6.45, 7) is 0. The Morgan fingerprint density at radius 1 is 1.16 bits per heavy atom. The van der Waals surface area contributed by atoms with Gasteiger partial charge in [-0.25, -0.2) is 9.37 Å². The Kier molecular flexibility index (Phi) is 3.12. The van der Waals surface area contributed by atoms with Crippen LogP contribution in [0.2, 0.25) is 0 Å². The summed E-state index contributed by atoms with van der Waals surface area (Å²) in [7, 11) is 0. The average Bonchev–Trinajstić information content (AvgIpc) is 2.69. The molecule has 0 aromatic carbocycles. The van der Waals surface area contributed by atoms with Gasteiger partial charge >= 0.3 is 12.1 Å². The number of nitrogens with zero attached hydrogens (tertiary/aromatic N) is 1. The number of aromatic nitrogens is 1. The number of hydrogen-bond acceptors (Lipinski definition) is 3. The molecule has 104 valence electrons. The standard InChI is InChI=1S/C10H6F6N2S/c11-7(9(12,13)10(14,15)16)4-1-2-6-5(4)3-18-8(17)19-6/h1-3,7H,(H2,17,18). The zero-order valence-electron chi connectivity index (χ0n) is 9.01. The van der Waals surface area contributed by atoms with Crippen LogP contribution < -0.4 is 5.73 Å². The van der Waals surface area contributed by atoms with Crippen molar-refractivity contribution >= 4 is 16.5 Å². The zero-order valence-corrected chi connectivity index (χ0v) is 9.83. The number of halogens is 6. The minimum Gasteiger partial charge on any atom is -0.375 e. The van der Waals surface area contributed by atoms with Crippen molar-refractivity contribution in [2.45, 2.75) is 18.3 Å². The number of alkyl halides is 6. The number of fused-ring (bicyclic) bond motifs is 1. The van der Waals surface area contributed by atoms with E-state index in [-0.39, 0.29) is 10.7 Å². The monoisotopic (exact) mass is 300 g/mol.